The van der Waals surface area contributed by atoms with Crippen molar-refractivity contribution in [3.05, 3.63) is 70.2 Å². The molecular formula is C18H17BrN2O4. The van der Waals surface area contributed by atoms with Gasteiger partial charge in [0.2, 0.25) is 6.10 Å². The number of ether oxygens (including phenoxy) is 1. The van der Waals surface area contributed by atoms with Crippen LogP contribution in [0.25, 0.3) is 0 Å². The summed E-state index contributed by atoms with van der Waals surface area (Å²) in [7, 11) is 0. The maximum atomic E-state index is 12.4. The minimum absolute atomic E-state index is 0.301. The van der Waals surface area contributed by atoms with Crippen molar-refractivity contribution in [1.82, 2.24) is 10.6 Å². The molecule has 0 unspecified atom stereocenters. The van der Waals surface area contributed by atoms with Crippen LogP contribution in [0.5, 0.6) is 0 Å². The van der Waals surface area contributed by atoms with Gasteiger partial charge < -0.3 is 10.1 Å². The summed E-state index contributed by atoms with van der Waals surface area (Å²) >= 11 is 3.29. The van der Waals surface area contributed by atoms with Gasteiger partial charge >= 0.3 is 12.0 Å². The Hall–Kier alpha value is -2.67. The van der Waals surface area contributed by atoms with Crippen LogP contribution in [-0.4, -0.2) is 24.5 Å². The number of carbonyl (C=O) groups excluding carboxylic acids is 3. The van der Waals surface area contributed by atoms with E-state index in [1.807, 2.05) is 0 Å². The molecule has 2 aromatic rings. The fraction of sp³-hybridized carbons (Fsp3) is 0.167. The molecule has 0 heterocycles. The Balaban J connectivity index is 2.20. The molecule has 0 bridgehead atoms. The first kappa shape index (κ1) is 18.7. The quantitative estimate of drug-likeness (QED) is 0.749. The summed E-state index contributed by atoms with van der Waals surface area (Å²) in [6.07, 6.45) is -1.24. The zero-order valence-electron chi connectivity index (χ0n) is 13.5. The average Bonchev–Trinajstić information content (AvgIpc) is 2.61. The number of amides is 3. The van der Waals surface area contributed by atoms with E-state index in [2.05, 4.69) is 26.6 Å². The molecule has 0 saturated heterocycles. The van der Waals surface area contributed by atoms with Crippen LogP contribution in [0.4, 0.5) is 4.79 Å². The molecule has 3 amide bonds. The lowest BCUT2D eigenvalue weighted by atomic mass is 10.1. The highest BCUT2D eigenvalue weighted by Gasteiger charge is 2.27. The number of nitrogens with one attached hydrogen (secondary N) is 2. The Kier molecular flexibility index (Phi) is 6.71. The van der Waals surface area contributed by atoms with Crippen LogP contribution in [0.1, 0.15) is 28.9 Å². The first-order valence-electron chi connectivity index (χ1n) is 7.61. The summed E-state index contributed by atoms with van der Waals surface area (Å²) in [5.74, 6) is -1.38. The van der Waals surface area contributed by atoms with Gasteiger partial charge in [-0.15, -0.1) is 0 Å². The first-order chi connectivity index (χ1) is 12.0. The van der Waals surface area contributed by atoms with Crippen LogP contribution in [0, 0.1) is 0 Å². The molecule has 0 aliphatic rings. The number of hydrogen-bond acceptors (Lipinski definition) is 4. The van der Waals surface area contributed by atoms with Gasteiger partial charge in [-0.1, -0.05) is 46.3 Å². The Bertz CT molecular complexity index is 747. The average molecular weight is 405 g/mol. The summed E-state index contributed by atoms with van der Waals surface area (Å²) in [6.45, 7) is 2.10. The van der Waals surface area contributed by atoms with E-state index in [0.29, 0.717) is 17.7 Å². The van der Waals surface area contributed by atoms with E-state index < -0.39 is 24.0 Å². The standard InChI is InChI=1S/C18H17BrN2O4/c1-2-20-18(24)21-16(22)15(12-6-4-3-5-7-12)25-17(23)13-8-10-14(19)11-9-13/h3-11,15H,2H2,1H3,(H2,20,21,22,24)/t15-/m1/s1. The van der Waals surface area contributed by atoms with Crippen molar-refractivity contribution in [2.75, 3.05) is 6.54 Å². The van der Waals surface area contributed by atoms with Crippen LogP contribution in [-0.2, 0) is 9.53 Å². The van der Waals surface area contributed by atoms with Gasteiger partial charge in [0.15, 0.2) is 0 Å². The molecule has 7 heteroatoms. The van der Waals surface area contributed by atoms with E-state index in [0.717, 1.165) is 4.47 Å². The molecule has 2 N–H and O–H groups in total. The number of hydrogen-bond donors (Lipinski definition) is 2. The number of imide groups is 1. The smallest absolute Gasteiger partial charge is 0.339 e. The number of rotatable bonds is 5. The fourth-order valence-electron chi connectivity index (χ4n) is 2.04. The van der Waals surface area contributed by atoms with Crippen LogP contribution >= 0.6 is 15.9 Å². The third-order valence-corrected chi connectivity index (χ3v) is 3.75. The zero-order chi connectivity index (χ0) is 18.2. The lowest BCUT2D eigenvalue weighted by molar-refractivity contribution is -0.129. The molecule has 25 heavy (non-hydrogen) atoms. The van der Waals surface area contributed by atoms with Crippen LogP contribution in [0.2, 0.25) is 0 Å². The Morgan fingerprint density at radius 1 is 1.04 bits per heavy atom. The minimum atomic E-state index is -1.24. The van der Waals surface area contributed by atoms with E-state index >= 15 is 0 Å². The van der Waals surface area contributed by atoms with Crippen molar-refractivity contribution in [2.24, 2.45) is 0 Å². The molecule has 0 aliphatic heterocycles. The predicted molar refractivity (Wildman–Crippen MR) is 96.0 cm³/mol. The normalized spacial score (nSPS) is 11.3. The second kappa shape index (κ2) is 8.98. The highest BCUT2D eigenvalue weighted by atomic mass is 79.9. The van der Waals surface area contributed by atoms with E-state index in [1.54, 1.807) is 61.5 Å². The number of benzene rings is 2. The molecule has 130 valence electrons. The van der Waals surface area contributed by atoms with Gasteiger partial charge in [-0.05, 0) is 31.2 Å². The maximum absolute atomic E-state index is 12.4. The second-order valence-corrected chi connectivity index (χ2v) is 5.97. The van der Waals surface area contributed by atoms with Gasteiger partial charge in [0.25, 0.3) is 5.91 Å². The van der Waals surface area contributed by atoms with Crippen LogP contribution < -0.4 is 10.6 Å². The zero-order valence-corrected chi connectivity index (χ0v) is 15.1. The Morgan fingerprint density at radius 2 is 1.68 bits per heavy atom. The van der Waals surface area contributed by atoms with Crippen molar-refractivity contribution in [3.8, 4) is 0 Å². The molecule has 2 rings (SSSR count). The van der Waals surface area contributed by atoms with Crippen molar-refractivity contribution in [3.63, 3.8) is 0 Å². The van der Waals surface area contributed by atoms with E-state index in [1.165, 1.54) is 0 Å². The highest BCUT2D eigenvalue weighted by molar-refractivity contribution is 9.10. The predicted octanol–water partition coefficient (Wildman–Crippen LogP) is 3.19. The summed E-state index contributed by atoms with van der Waals surface area (Å²) in [6, 6.07) is 14.4. The lowest BCUT2D eigenvalue weighted by Gasteiger charge is -2.17. The lowest BCUT2D eigenvalue weighted by Crippen LogP contribution is -2.42. The number of carbonyl (C=O) groups is 3. The second-order valence-electron chi connectivity index (χ2n) is 5.05. The van der Waals surface area contributed by atoms with Crippen LogP contribution in [0.15, 0.2) is 59.1 Å². The number of esters is 1. The van der Waals surface area contributed by atoms with Gasteiger partial charge in [0, 0.05) is 16.6 Å². The third kappa shape index (κ3) is 5.42. The number of urea groups is 1. The first-order valence-corrected chi connectivity index (χ1v) is 8.40. The van der Waals surface area contributed by atoms with Crippen molar-refractivity contribution in [1.29, 1.82) is 0 Å². The Morgan fingerprint density at radius 3 is 2.28 bits per heavy atom. The molecule has 2 aromatic carbocycles. The number of halogens is 1. The SMILES string of the molecule is CCNC(=O)NC(=O)[C@H](OC(=O)c1ccc(Br)cc1)c1ccccc1. The summed E-state index contributed by atoms with van der Waals surface area (Å²) < 4.78 is 6.17. The van der Waals surface area contributed by atoms with Crippen molar-refractivity contribution >= 4 is 33.8 Å². The van der Waals surface area contributed by atoms with E-state index in [4.69, 9.17) is 4.74 Å². The van der Waals surface area contributed by atoms with E-state index in [9.17, 15) is 14.4 Å². The van der Waals surface area contributed by atoms with E-state index in [-0.39, 0.29) is 0 Å². The molecular weight excluding hydrogens is 388 g/mol. The summed E-state index contributed by atoms with van der Waals surface area (Å²) in [4.78, 5) is 36.3. The summed E-state index contributed by atoms with van der Waals surface area (Å²) in [5.41, 5.74) is 0.768. The maximum Gasteiger partial charge on any atom is 0.339 e. The summed E-state index contributed by atoms with van der Waals surface area (Å²) in [5, 5.41) is 4.63. The monoisotopic (exact) mass is 404 g/mol. The highest BCUT2D eigenvalue weighted by Crippen LogP contribution is 2.20. The van der Waals surface area contributed by atoms with Gasteiger partial charge in [-0.3, -0.25) is 10.1 Å². The minimum Gasteiger partial charge on any atom is -0.444 e. The molecule has 6 nitrogen and oxygen atoms in total. The third-order valence-electron chi connectivity index (χ3n) is 3.22. The van der Waals surface area contributed by atoms with Crippen LogP contribution in [0.3, 0.4) is 0 Å². The largest absolute Gasteiger partial charge is 0.444 e. The molecule has 0 aromatic heterocycles. The van der Waals surface area contributed by atoms with Gasteiger partial charge in [-0.2, -0.15) is 0 Å². The molecule has 0 radical (unpaired) electrons. The molecule has 1 atom stereocenters. The topological polar surface area (TPSA) is 84.5 Å². The van der Waals surface area contributed by atoms with Crippen molar-refractivity contribution in [2.45, 2.75) is 13.0 Å². The molecule has 0 aliphatic carbocycles. The molecule has 0 fully saturated rings. The molecule has 0 saturated carbocycles. The fourth-order valence-corrected chi connectivity index (χ4v) is 2.31. The van der Waals surface area contributed by atoms with Crippen molar-refractivity contribution < 1.29 is 19.1 Å². The van der Waals surface area contributed by atoms with Gasteiger partial charge in [-0.25, -0.2) is 9.59 Å². The Labute approximate surface area is 153 Å². The van der Waals surface area contributed by atoms with Gasteiger partial charge in [0.05, 0.1) is 5.56 Å². The van der Waals surface area contributed by atoms with Gasteiger partial charge in [0.1, 0.15) is 0 Å². The molecule has 0 spiro atoms.